The molecule has 136 valence electrons. The van der Waals surface area contributed by atoms with Crippen LogP contribution in [0.4, 0.5) is 4.79 Å². The highest BCUT2D eigenvalue weighted by Gasteiger charge is 2.22. The van der Waals surface area contributed by atoms with E-state index < -0.39 is 0 Å². The lowest BCUT2D eigenvalue weighted by Crippen LogP contribution is -2.55. The van der Waals surface area contributed by atoms with E-state index in [4.69, 9.17) is 11.2 Å². The van der Waals surface area contributed by atoms with Crippen molar-refractivity contribution in [1.29, 1.82) is 0 Å². The fourth-order valence-electron chi connectivity index (χ4n) is 2.79. The van der Waals surface area contributed by atoms with Gasteiger partial charge in [0.25, 0.3) is 0 Å². The lowest BCUT2D eigenvalue weighted by Gasteiger charge is -2.37. The van der Waals surface area contributed by atoms with Gasteiger partial charge in [0.15, 0.2) is 0 Å². The van der Waals surface area contributed by atoms with Crippen molar-refractivity contribution in [2.45, 2.75) is 12.5 Å². The zero-order valence-corrected chi connectivity index (χ0v) is 15.1. The molecule has 1 saturated heterocycles. The van der Waals surface area contributed by atoms with Gasteiger partial charge in [0.2, 0.25) is 0 Å². The summed E-state index contributed by atoms with van der Waals surface area (Å²) in [7, 11) is 4.22. The number of amides is 2. The summed E-state index contributed by atoms with van der Waals surface area (Å²) in [6.45, 7) is 4.61. The molecular formula is C19H28N4O2. The van der Waals surface area contributed by atoms with Crippen LogP contribution in [0.2, 0.25) is 0 Å². The second kappa shape index (κ2) is 9.92. The minimum Gasteiger partial charge on any atom is -0.481 e. The van der Waals surface area contributed by atoms with E-state index in [0.29, 0.717) is 19.1 Å². The molecule has 0 bridgehead atoms. The number of hydrogen-bond donors (Lipinski definition) is 2. The number of rotatable bonds is 7. The highest BCUT2D eigenvalue weighted by atomic mass is 16.5. The Balaban J connectivity index is 1.64. The molecule has 0 aromatic heterocycles. The van der Waals surface area contributed by atoms with Crippen molar-refractivity contribution >= 4 is 6.03 Å². The minimum absolute atomic E-state index is 0.115. The van der Waals surface area contributed by atoms with Gasteiger partial charge in [-0.3, -0.25) is 4.90 Å². The molecule has 2 amide bonds. The minimum atomic E-state index is -0.115. The highest BCUT2D eigenvalue weighted by molar-refractivity contribution is 5.73. The lowest BCUT2D eigenvalue weighted by molar-refractivity contribution is 0.114. The normalized spacial score (nSPS) is 18.4. The number of hydrogen-bond acceptors (Lipinski definition) is 4. The summed E-state index contributed by atoms with van der Waals surface area (Å²) in [6.07, 6.45) is 5.93. The fraction of sp³-hybridized carbons (Fsp3) is 0.526. The maximum absolute atomic E-state index is 11.9. The quantitative estimate of drug-likeness (QED) is 0.718. The van der Waals surface area contributed by atoms with E-state index in [1.807, 2.05) is 24.3 Å². The van der Waals surface area contributed by atoms with Gasteiger partial charge in [-0.15, -0.1) is 6.42 Å². The van der Waals surface area contributed by atoms with E-state index in [1.165, 1.54) is 0 Å². The molecule has 1 atom stereocenters. The van der Waals surface area contributed by atoms with Crippen LogP contribution >= 0.6 is 0 Å². The van der Waals surface area contributed by atoms with Crippen LogP contribution in [0.5, 0.6) is 5.75 Å². The summed E-state index contributed by atoms with van der Waals surface area (Å²) in [5, 5.41) is 5.87. The van der Waals surface area contributed by atoms with Crippen molar-refractivity contribution < 1.29 is 9.53 Å². The van der Waals surface area contributed by atoms with Gasteiger partial charge < -0.3 is 20.3 Å². The average Bonchev–Trinajstić information content (AvgIpc) is 2.62. The second-order valence-corrected chi connectivity index (χ2v) is 6.42. The molecule has 2 N–H and O–H groups in total. The van der Waals surface area contributed by atoms with Gasteiger partial charge in [-0.2, -0.15) is 0 Å². The maximum Gasteiger partial charge on any atom is 0.314 e. The van der Waals surface area contributed by atoms with Crippen molar-refractivity contribution in [2.75, 3.05) is 53.4 Å². The van der Waals surface area contributed by atoms with Gasteiger partial charge in [0.05, 0.1) is 0 Å². The predicted molar refractivity (Wildman–Crippen MR) is 99.8 cm³/mol. The molecule has 1 aliphatic rings. The van der Waals surface area contributed by atoms with E-state index in [0.717, 1.165) is 37.4 Å². The largest absolute Gasteiger partial charge is 0.481 e. The second-order valence-electron chi connectivity index (χ2n) is 6.42. The SMILES string of the molecule is C#CCOc1ccc(CCNC(=O)NCC2CN(C)CCN2C)cc1. The van der Waals surface area contributed by atoms with Gasteiger partial charge >= 0.3 is 6.03 Å². The Morgan fingerprint density at radius 1 is 1.28 bits per heavy atom. The monoisotopic (exact) mass is 344 g/mol. The first kappa shape index (κ1) is 19.1. The molecule has 2 rings (SSSR count). The number of terminal acetylenes is 1. The van der Waals surface area contributed by atoms with Crippen molar-refractivity contribution in [2.24, 2.45) is 0 Å². The Labute approximate surface area is 150 Å². The van der Waals surface area contributed by atoms with E-state index in [9.17, 15) is 4.79 Å². The van der Waals surface area contributed by atoms with Crippen LogP contribution in [-0.4, -0.2) is 75.3 Å². The number of likely N-dealkylation sites (N-methyl/N-ethyl adjacent to an activating group) is 2. The number of nitrogens with one attached hydrogen (secondary N) is 2. The van der Waals surface area contributed by atoms with Gasteiger partial charge in [0, 0.05) is 38.8 Å². The molecule has 0 aliphatic carbocycles. The Bertz CT molecular complexity index is 582. The number of urea groups is 1. The summed E-state index contributed by atoms with van der Waals surface area (Å²) in [4.78, 5) is 16.5. The standard InChI is InChI=1S/C19H28N4O2/c1-4-13-25-18-7-5-16(6-8-18)9-10-20-19(24)21-14-17-15-22(2)11-12-23(17)3/h1,5-8,17H,9-15H2,2-3H3,(H2,20,21,24). The summed E-state index contributed by atoms with van der Waals surface area (Å²) in [5.74, 6) is 3.19. The average molecular weight is 344 g/mol. The first-order valence-electron chi connectivity index (χ1n) is 8.64. The first-order valence-corrected chi connectivity index (χ1v) is 8.64. The number of benzene rings is 1. The molecule has 0 saturated carbocycles. The molecule has 25 heavy (non-hydrogen) atoms. The van der Waals surface area contributed by atoms with Crippen molar-refractivity contribution in [3.63, 3.8) is 0 Å². The molecule has 0 spiro atoms. The first-order chi connectivity index (χ1) is 12.1. The highest BCUT2D eigenvalue weighted by Crippen LogP contribution is 2.12. The van der Waals surface area contributed by atoms with Gasteiger partial charge in [-0.05, 0) is 38.2 Å². The Hall–Kier alpha value is -2.23. The van der Waals surface area contributed by atoms with Crippen molar-refractivity contribution in [3.05, 3.63) is 29.8 Å². The smallest absolute Gasteiger partial charge is 0.314 e. The molecule has 0 radical (unpaired) electrons. The summed E-state index contributed by atoms with van der Waals surface area (Å²) in [6, 6.07) is 8.00. The summed E-state index contributed by atoms with van der Waals surface area (Å²) in [5.41, 5.74) is 1.14. The van der Waals surface area contributed by atoms with E-state index in [1.54, 1.807) is 0 Å². The number of nitrogens with zero attached hydrogens (tertiary/aromatic N) is 2. The van der Waals surface area contributed by atoms with E-state index in [-0.39, 0.29) is 12.6 Å². The number of ether oxygens (including phenoxy) is 1. The van der Waals surface area contributed by atoms with Crippen molar-refractivity contribution in [3.8, 4) is 18.1 Å². The zero-order valence-electron chi connectivity index (χ0n) is 15.1. The van der Waals surface area contributed by atoms with Crippen LogP contribution in [0, 0.1) is 12.3 Å². The molecule has 6 heteroatoms. The third kappa shape index (κ3) is 6.65. The van der Waals surface area contributed by atoms with E-state index >= 15 is 0 Å². The topological polar surface area (TPSA) is 56.8 Å². The maximum atomic E-state index is 11.9. The predicted octanol–water partition coefficient (Wildman–Crippen LogP) is 0.786. The van der Waals surface area contributed by atoms with Crippen LogP contribution in [-0.2, 0) is 6.42 Å². The van der Waals surface area contributed by atoms with Crippen LogP contribution in [0.1, 0.15) is 5.56 Å². The summed E-state index contributed by atoms with van der Waals surface area (Å²) < 4.78 is 5.34. The van der Waals surface area contributed by atoms with Crippen LogP contribution in [0.3, 0.4) is 0 Å². The third-order valence-corrected chi connectivity index (χ3v) is 4.42. The number of piperazine rings is 1. The zero-order chi connectivity index (χ0) is 18.1. The Kier molecular flexibility index (Phi) is 7.58. The Morgan fingerprint density at radius 3 is 2.76 bits per heavy atom. The van der Waals surface area contributed by atoms with Gasteiger partial charge in [-0.25, -0.2) is 4.79 Å². The molecular weight excluding hydrogens is 316 g/mol. The third-order valence-electron chi connectivity index (χ3n) is 4.42. The number of carbonyl (C=O) groups excluding carboxylic acids is 1. The molecule has 1 aromatic rings. The number of carbonyl (C=O) groups is 1. The fourth-order valence-corrected chi connectivity index (χ4v) is 2.79. The molecule has 1 fully saturated rings. The van der Waals surface area contributed by atoms with Crippen molar-refractivity contribution in [1.82, 2.24) is 20.4 Å². The molecule has 1 aliphatic heterocycles. The molecule has 1 heterocycles. The van der Waals surface area contributed by atoms with Crippen LogP contribution in [0.25, 0.3) is 0 Å². The van der Waals surface area contributed by atoms with E-state index in [2.05, 4.69) is 40.4 Å². The summed E-state index contributed by atoms with van der Waals surface area (Å²) >= 11 is 0. The molecule has 1 unspecified atom stereocenters. The van der Waals surface area contributed by atoms with Gasteiger partial charge in [-0.1, -0.05) is 18.1 Å². The lowest BCUT2D eigenvalue weighted by atomic mass is 10.1. The van der Waals surface area contributed by atoms with Crippen LogP contribution in [0.15, 0.2) is 24.3 Å². The molecule has 1 aromatic carbocycles. The Morgan fingerprint density at radius 2 is 2.04 bits per heavy atom. The van der Waals surface area contributed by atoms with Gasteiger partial charge in [0.1, 0.15) is 12.4 Å². The van der Waals surface area contributed by atoms with Crippen LogP contribution < -0.4 is 15.4 Å². The molecule has 6 nitrogen and oxygen atoms in total.